The maximum absolute atomic E-state index is 9.66. The van der Waals surface area contributed by atoms with E-state index in [2.05, 4.69) is 0 Å². The summed E-state index contributed by atoms with van der Waals surface area (Å²) in [6, 6.07) is 2.94. The second-order valence-electron chi connectivity index (χ2n) is 4.52. The van der Waals surface area contributed by atoms with Gasteiger partial charge in [0.05, 0.1) is 0 Å². The van der Waals surface area contributed by atoms with Crippen LogP contribution in [0, 0.1) is 0 Å². The predicted molar refractivity (Wildman–Crippen MR) is 56.0 cm³/mol. The van der Waals surface area contributed by atoms with E-state index in [0.717, 1.165) is 5.56 Å². The molecule has 0 radical (unpaired) electrons. The summed E-state index contributed by atoms with van der Waals surface area (Å²) in [6.07, 6.45) is 0.685. The third kappa shape index (κ3) is 1.61. The minimum atomic E-state index is -0.419. The Hall–Kier alpha value is -1.42. The first kappa shape index (κ1) is 10.1. The molecule has 4 N–H and O–H groups in total. The van der Waals surface area contributed by atoms with Crippen LogP contribution in [0.3, 0.4) is 0 Å². The lowest BCUT2D eigenvalue weighted by Crippen LogP contribution is -2.37. The molecule has 4 heteroatoms. The Morgan fingerprint density at radius 2 is 2.07 bits per heavy atom. The van der Waals surface area contributed by atoms with E-state index < -0.39 is 5.60 Å². The standard InChI is InChI=1S/C11H15NO3/c1-11(2)5-7(12)6-3-4-8(13)9(14)10(6)15-11/h3-4,7,13-14H,5,12H2,1-2H3. The van der Waals surface area contributed by atoms with Gasteiger partial charge in [0.25, 0.3) is 0 Å². The van der Waals surface area contributed by atoms with Crippen molar-refractivity contribution >= 4 is 0 Å². The van der Waals surface area contributed by atoms with Crippen LogP contribution in [0.1, 0.15) is 31.9 Å². The number of benzene rings is 1. The third-order valence-corrected chi connectivity index (χ3v) is 2.63. The van der Waals surface area contributed by atoms with Gasteiger partial charge >= 0.3 is 0 Å². The molecule has 1 aliphatic heterocycles. The van der Waals surface area contributed by atoms with Crippen LogP contribution in [0.4, 0.5) is 0 Å². The molecule has 1 atom stereocenters. The molecule has 0 aromatic heterocycles. The molecule has 0 amide bonds. The van der Waals surface area contributed by atoms with E-state index in [9.17, 15) is 10.2 Å². The zero-order chi connectivity index (χ0) is 11.2. The lowest BCUT2D eigenvalue weighted by Gasteiger charge is -2.36. The van der Waals surface area contributed by atoms with Gasteiger partial charge in [0, 0.05) is 18.0 Å². The van der Waals surface area contributed by atoms with E-state index in [1.807, 2.05) is 13.8 Å². The molecule has 2 rings (SSSR count). The normalized spacial score (nSPS) is 23.0. The summed E-state index contributed by atoms with van der Waals surface area (Å²) < 4.78 is 5.61. The molecule has 82 valence electrons. The third-order valence-electron chi connectivity index (χ3n) is 2.63. The smallest absolute Gasteiger partial charge is 0.200 e. The maximum atomic E-state index is 9.66. The maximum Gasteiger partial charge on any atom is 0.200 e. The fourth-order valence-corrected chi connectivity index (χ4v) is 1.93. The molecule has 0 saturated carbocycles. The first-order valence-corrected chi connectivity index (χ1v) is 4.90. The van der Waals surface area contributed by atoms with Crippen molar-refractivity contribution in [3.8, 4) is 17.2 Å². The van der Waals surface area contributed by atoms with Gasteiger partial charge in [-0.05, 0) is 26.0 Å². The lowest BCUT2D eigenvalue weighted by molar-refractivity contribution is 0.0684. The Balaban J connectivity index is 2.56. The lowest BCUT2D eigenvalue weighted by atomic mass is 9.90. The Labute approximate surface area is 88.3 Å². The van der Waals surface area contributed by atoms with Gasteiger partial charge in [-0.25, -0.2) is 0 Å². The highest BCUT2D eigenvalue weighted by molar-refractivity contribution is 5.56. The molecule has 0 fully saturated rings. The molecular formula is C11H15NO3. The Morgan fingerprint density at radius 3 is 2.73 bits per heavy atom. The van der Waals surface area contributed by atoms with Gasteiger partial charge in [0.2, 0.25) is 5.75 Å². The Kier molecular flexibility index (Phi) is 2.04. The number of phenols is 2. The molecule has 0 saturated heterocycles. The molecule has 1 aromatic carbocycles. The number of aromatic hydroxyl groups is 2. The van der Waals surface area contributed by atoms with Crippen LogP contribution in [0.15, 0.2) is 12.1 Å². The SMILES string of the molecule is CC1(C)CC(N)c2ccc(O)c(O)c2O1. The summed E-state index contributed by atoms with van der Waals surface area (Å²) in [4.78, 5) is 0. The molecule has 1 aliphatic rings. The van der Waals surface area contributed by atoms with Crippen molar-refractivity contribution < 1.29 is 14.9 Å². The summed E-state index contributed by atoms with van der Waals surface area (Å²) in [6.45, 7) is 3.80. The van der Waals surface area contributed by atoms with Crippen molar-refractivity contribution in [2.45, 2.75) is 31.9 Å². The highest BCUT2D eigenvalue weighted by Gasteiger charge is 2.34. The minimum Gasteiger partial charge on any atom is -0.504 e. The van der Waals surface area contributed by atoms with Crippen LogP contribution in [-0.2, 0) is 0 Å². The average molecular weight is 209 g/mol. The van der Waals surface area contributed by atoms with Gasteiger partial charge in [0.15, 0.2) is 11.5 Å². The zero-order valence-electron chi connectivity index (χ0n) is 8.82. The van der Waals surface area contributed by atoms with Gasteiger partial charge in [-0.3, -0.25) is 0 Å². The van der Waals surface area contributed by atoms with Crippen molar-refractivity contribution in [1.29, 1.82) is 0 Å². The molecule has 1 aromatic rings. The number of hydrogen-bond acceptors (Lipinski definition) is 4. The largest absolute Gasteiger partial charge is 0.504 e. The summed E-state index contributed by atoms with van der Waals surface area (Å²) >= 11 is 0. The zero-order valence-corrected chi connectivity index (χ0v) is 8.82. The summed E-state index contributed by atoms with van der Waals surface area (Å²) in [5.74, 6) is -0.104. The van der Waals surface area contributed by atoms with Crippen molar-refractivity contribution in [2.24, 2.45) is 5.73 Å². The van der Waals surface area contributed by atoms with Gasteiger partial charge in [-0.1, -0.05) is 0 Å². The quantitative estimate of drug-likeness (QED) is 0.568. The van der Waals surface area contributed by atoms with E-state index >= 15 is 0 Å². The van der Waals surface area contributed by atoms with Crippen molar-refractivity contribution in [2.75, 3.05) is 0 Å². The number of phenolic OH excluding ortho intramolecular Hbond substituents is 2. The topological polar surface area (TPSA) is 75.7 Å². The predicted octanol–water partition coefficient (Wildman–Crippen LogP) is 1.66. The molecule has 0 spiro atoms. The summed E-state index contributed by atoms with van der Waals surface area (Å²) in [7, 11) is 0. The average Bonchev–Trinajstić information content (AvgIpc) is 2.10. The number of hydrogen-bond donors (Lipinski definition) is 3. The number of rotatable bonds is 0. The monoisotopic (exact) mass is 209 g/mol. The van der Waals surface area contributed by atoms with E-state index in [-0.39, 0.29) is 17.5 Å². The van der Waals surface area contributed by atoms with Gasteiger partial charge in [-0.2, -0.15) is 0 Å². The molecule has 15 heavy (non-hydrogen) atoms. The second-order valence-corrected chi connectivity index (χ2v) is 4.52. The summed E-state index contributed by atoms with van der Waals surface area (Å²) in [5, 5.41) is 19.0. The van der Waals surface area contributed by atoms with Crippen LogP contribution in [-0.4, -0.2) is 15.8 Å². The molecule has 4 nitrogen and oxygen atoms in total. The van der Waals surface area contributed by atoms with Gasteiger partial charge < -0.3 is 20.7 Å². The second kappa shape index (κ2) is 3.03. The first-order chi connectivity index (χ1) is 6.91. The fourth-order valence-electron chi connectivity index (χ4n) is 1.93. The van der Waals surface area contributed by atoms with E-state index in [1.54, 1.807) is 6.07 Å². The first-order valence-electron chi connectivity index (χ1n) is 4.90. The number of nitrogens with two attached hydrogens (primary N) is 1. The minimum absolute atomic E-state index is 0.171. The van der Waals surface area contributed by atoms with E-state index in [4.69, 9.17) is 10.5 Å². The van der Waals surface area contributed by atoms with Gasteiger partial charge in [-0.15, -0.1) is 0 Å². The Bertz CT molecular complexity index is 401. The van der Waals surface area contributed by atoms with Crippen LogP contribution < -0.4 is 10.5 Å². The molecular weight excluding hydrogens is 194 g/mol. The van der Waals surface area contributed by atoms with E-state index in [0.29, 0.717) is 12.2 Å². The number of fused-ring (bicyclic) bond motifs is 1. The van der Waals surface area contributed by atoms with Crippen molar-refractivity contribution in [1.82, 2.24) is 0 Å². The summed E-state index contributed by atoms with van der Waals surface area (Å²) in [5.41, 5.74) is 6.29. The molecule has 0 aliphatic carbocycles. The van der Waals surface area contributed by atoms with E-state index in [1.165, 1.54) is 6.07 Å². The van der Waals surface area contributed by atoms with Crippen LogP contribution >= 0.6 is 0 Å². The molecule has 1 heterocycles. The fraction of sp³-hybridized carbons (Fsp3) is 0.455. The van der Waals surface area contributed by atoms with Gasteiger partial charge in [0.1, 0.15) is 5.60 Å². The van der Waals surface area contributed by atoms with Crippen molar-refractivity contribution in [3.05, 3.63) is 17.7 Å². The van der Waals surface area contributed by atoms with Crippen LogP contribution in [0.25, 0.3) is 0 Å². The van der Waals surface area contributed by atoms with Crippen LogP contribution in [0.2, 0.25) is 0 Å². The van der Waals surface area contributed by atoms with Crippen molar-refractivity contribution in [3.63, 3.8) is 0 Å². The molecule has 0 bridgehead atoms. The highest BCUT2D eigenvalue weighted by atomic mass is 16.5. The highest BCUT2D eigenvalue weighted by Crippen LogP contribution is 2.46. The number of ether oxygens (including phenoxy) is 1. The van der Waals surface area contributed by atoms with Crippen LogP contribution in [0.5, 0.6) is 17.2 Å². The Morgan fingerprint density at radius 1 is 1.40 bits per heavy atom. The molecule has 1 unspecified atom stereocenters.